The molecule has 0 aliphatic heterocycles. The van der Waals surface area contributed by atoms with Gasteiger partial charge in [0.15, 0.2) is 0 Å². The van der Waals surface area contributed by atoms with Crippen molar-refractivity contribution in [2.24, 2.45) is 0 Å². The molecule has 0 aliphatic rings. The minimum absolute atomic E-state index is 0.0253. The number of amides is 1. The van der Waals surface area contributed by atoms with E-state index < -0.39 is 4.92 Å². The van der Waals surface area contributed by atoms with Crippen molar-refractivity contribution in [2.45, 2.75) is 6.92 Å². The summed E-state index contributed by atoms with van der Waals surface area (Å²) in [5.41, 5.74) is 0.873. The Balaban J connectivity index is 2.16. The van der Waals surface area contributed by atoms with Crippen LogP contribution >= 0.6 is 0 Å². The van der Waals surface area contributed by atoms with Gasteiger partial charge in [-0.25, -0.2) is 4.98 Å². The van der Waals surface area contributed by atoms with Crippen LogP contribution in [-0.4, -0.2) is 22.4 Å². The highest BCUT2D eigenvalue weighted by Crippen LogP contribution is 2.18. The highest BCUT2D eigenvalue weighted by Gasteiger charge is 2.12. The lowest BCUT2D eigenvalue weighted by molar-refractivity contribution is -0.384. The molecule has 0 atom stereocenters. The molecule has 0 radical (unpaired) electrons. The molecule has 2 rings (SSSR count). The lowest BCUT2D eigenvalue weighted by Crippen LogP contribution is -2.15. The van der Waals surface area contributed by atoms with Gasteiger partial charge in [-0.1, -0.05) is 0 Å². The first-order valence-electron chi connectivity index (χ1n) is 6.36. The highest BCUT2D eigenvalue weighted by molar-refractivity contribution is 6.07. The number of benzene rings is 1. The summed E-state index contributed by atoms with van der Waals surface area (Å²) >= 11 is 0. The number of carbonyl (C=O) groups is 1. The largest absolute Gasteiger partial charge is 0.370 e. The Morgan fingerprint density at radius 2 is 2.00 bits per heavy atom. The lowest BCUT2D eigenvalue weighted by atomic mass is 10.2. The zero-order chi connectivity index (χ0) is 15.2. The molecule has 0 unspecified atom stereocenters. The predicted molar refractivity (Wildman–Crippen MR) is 79.5 cm³/mol. The Morgan fingerprint density at radius 3 is 2.62 bits per heavy atom. The smallest absolute Gasteiger partial charge is 0.269 e. The zero-order valence-electron chi connectivity index (χ0n) is 11.4. The van der Waals surface area contributed by atoms with E-state index in [1.807, 2.05) is 6.92 Å². The van der Waals surface area contributed by atoms with Crippen LogP contribution < -0.4 is 10.6 Å². The minimum atomic E-state index is -0.490. The van der Waals surface area contributed by atoms with E-state index in [2.05, 4.69) is 15.6 Å². The zero-order valence-corrected chi connectivity index (χ0v) is 11.4. The average molecular weight is 286 g/mol. The summed E-state index contributed by atoms with van der Waals surface area (Å²) in [6.07, 6.45) is 1.60. The quantitative estimate of drug-likeness (QED) is 0.650. The number of rotatable bonds is 5. The fraction of sp³-hybridized carbons (Fsp3) is 0.143. The molecular formula is C14H14N4O3. The van der Waals surface area contributed by atoms with Gasteiger partial charge in [-0.15, -0.1) is 0 Å². The standard InChI is InChI=1S/C14H14N4O3/c1-2-15-13-12(4-3-9-16-13)14(19)17-10-5-7-11(8-6-10)18(20)21/h3-9H,2H2,1H3,(H,15,16)(H,17,19). The van der Waals surface area contributed by atoms with E-state index in [1.54, 1.807) is 18.3 Å². The third-order valence-electron chi connectivity index (χ3n) is 2.73. The number of carbonyl (C=O) groups excluding carboxylic acids is 1. The van der Waals surface area contributed by atoms with Crippen LogP contribution in [0.2, 0.25) is 0 Å². The molecule has 1 heterocycles. The molecule has 2 aromatic rings. The van der Waals surface area contributed by atoms with Crippen LogP contribution in [0.4, 0.5) is 17.2 Å². The summed E-state index contributed by atoms with van der Waals surface area (Å²) in [7, 11) is 0. The van der Waals surface area contributed by atoms with E-state index in [1.165, 1.54) is 24.3 Å². The van der Waals surface area contributed by atoms with Crippen molar-refractivity contribution in [1.82, 2.24) is 4.98 Å². The molecule has 7 heteroatoms. The van der Waals surface area contributed by atoms with Crippen LogP contribution in [0.1, 0.15) is 17.3 Å². The van der Waals surface area contributed by atoms with E-state index >= 15 is 0 Å². The van der Waals surface area contributed by atoms with Crippen molar-refractivity contribution < 1.29 is 9.72 Å². The number of hydrogen-bond acceptors (Lipinski definition) is 5. The summed E-state index contributed by atoms with van der Waals surface area (Å²) in [5.74, 6) is 0.173. The molecule has 0 spiro atoms. The molecule has 1 aromatic heterocycles. The Labute approximate surface area is 121 Å². The van der Waals surface area contributed by atoms with Crippen LogP contribution in [0.25, 0.3) is 0 Å². The van der Waals surface area contributed by atoms with Crippen LogP contribution in [0.5, 0.6) is 0 Å². The Kier molecular flexibility index (Phi) is 4.45. The van der Waals surface area contributed by atoms with Gasteiger partial charge in [0.1, 0.15) is 5.82 Å². The van der Waals surface area contributed by atoms with Crippen LogP contribution in [0.15, 0.2) is 42.6 Å². The van der Waals surface area contributed by atoms with Gasteiger partial charge in [0.05, 0.1) is 10.5 Å². The Hall–Kier alpha value is -2.96. The SMILES string of the molecule is CCNc1ncccc1C(=O)Nc1ccc([N+](=O)[O-])cc1. The van der Waals surface area contributed by atoms with Gasteiger partial charge in [0, 0.05) is 30.6 Å². The van der Waals surface area contributed by atoms with E-state index in [0.717, 1.165) is 0 Å². The molecule has 0 bridgehead atoms. The molecule has 21 heavy (non-hydrogen) atoms. The second-order valence-electron chi connectivity index (χ2n) is 4.19. The average Bonchev–Trinajstić information content (AvgIpc) is 2.48. The van der Waals surface area contributed by atoms with Crippen molar-refractivity contribution in [3.05, 3.63) is 58.3 Å². The maximum Gasteiger partial charge on any atom is 0.269 e. The third kappa shape index (κ3) is 3.53. The molecule has 0 fully saturated rings. The minimum Gasteiger partial charge on any atom is -0.370 e. The summed E-state index contributed by atoms with van der Waals surface area (Å²) in [6.45, 7) is 2.56. The van der Waals surface area contributed by atoms with E-state index in [9.17, 15) is 14.9 Å². The molecule has 0 aliphatic carbocycles. The monoisotopic (exact) mass is 286 g/mol. The van der Waals surface area contributed by atoms with Gasteiger partial charge in [-0.05, 0) is 31.2 Å². The molecule has 1 aromatic carbocycles. The van der Waals surface area contributed by atoms with Gasteiger partial charge in [-0.3, -0.25) is 14.9 Å². The van der Waals surface area contributed by atoms with E-state index in [4.69, 9.17) is 0 Å². The van der Waals surface area contributed by atoms with E-state index in [-0.39, 0.29) is 11.6 Å². The second-order valence-corrected chi connectivity index (χ2v) is 4.19. The van der Waals surface area contributed by atoms with Gasteiger partial charge in [-0.2, -0.15) is 0 Å². The van der Waals surface area contributed by atoms with Crippen molar-refractivity contribution in [1.29, 1.82) is 0 Å². The number of non-ortho nitro benzene ring substituents is 1. The van der Waals surface area contributed by atoms with Gasteiger partial charge in [0.2, 0.25) is 0 Å². The lowest BCUT2D eigenvalue weighted by Gasteiger charge is -2.09. The number of nitro benzene ring substituents is 1. The van der Waals surface area contributed by atoms with Crippen LogP contribution in [0.3, 0.4) is 0 Å². The first kappa shape index (κ1) is 14.4. The van der Waals surface area contributed by atoms with Crippen LogP contribution in [-0.2, 0) is 0 Å². The first-order chi connectivity index (χ1) is 10.1. The maximum absolute atomic E-state index is 12.2. The van der Waals surface area contributed by atoms with Gasteiger partial charge >= 0.3 is 0 Å². The van der Waals surface area contributed by atoms with Crippen molar-refractivity contribution in [3.63, 3.8) is 0 Å². The van der Waals surface area contributed by atoms with E-state index in [0.29, 0.717) is 23.6 Å². The van der Waals surface area contributed by atoms with Crippen molar-refractivity contribution in [3.8, 4) is 0 Å². The van der Waals surface area contributed by atoms with Crippen molar-refractivity contribution in [2.75, 3.05) is 17.2 Å². The fourth-order valence-corrected chi connectivity index (χ4v) is 1.76. The molecule has 0 saturated heterocycles. The summed E-state index contributed by atoms with van der Waals surface area (Å²) in [5, 5.41) is 16.3. The number of nitrogens with one attached hydrogen (secondary N) is 2. The molecule has 1 amide bonds. The number of nitro groups is 1. The molecule has 108 valence electrons. The number of nitrogens with zero attached hydrogens (tertiary/aromatic N) is 2. The molecule has 2 N–H and O–H groups in total. The molecular weight excluding hydrogens is 272 g/mol. The van der Waals surface area contributed by atoms with Gasteiger partial charge in [0.25, 0.3) is 11.6 Å². The van der Waals surface area contributed by atoms with Gasteiger partial charge < -0.3 is 10.6 Å². The summed E-state index contributed by atoms with van der Waals surface area (Å²) in [6, 6.07) is 8.98. The first-order valence-corrected chi connectivity index (χ1v) is 6.36. The maximum atomic E-state index is 12.2. The van der Waals surface area contributed by atoms with Crippen LogP contribution in [0, 0.1) is 10.1 Å². The topological polar surface area (TPSA) is 97.2 Å². The number of pyridine rings is 1. The Morgan fingerprint density at radius 1 is 1.29 bits per heavy atom. The van der Waals surface area contributed by atoms with Crippen molar-refractivity contribution >= 4 is 23.1 Å². The number of aromatic nitrogens is 1. The molecule has 7 nitrogen and oxygen atoms in total. The fourth-order valence-electron chi connectivity index (χ4n) is 1.76. The second kappa shape index (κ2) is 6.47. The highest BCUT2D eigenvalue weighted by atomic mass is 16.6. The predicted octanol–water partition coefficient (Wildman–Crippen LogP) is 2.67. The number of anilines is 2. The molecule has 0 saturated carbocycles. The Bertz CT molecular complexity index is 656. The number of hydrogen-bond donors (Lipinski definition) is 2. The summed E-state index contributed by atoms with van der Waals surface area (Å²) < 4.78 is 0. The third-order valence-corrected chi connectivity index (χ3v) is 2.73. The summed E-state index contributed by atoms with van der Waals surface area (Å²) in [4.78, 5) is 26.4. The normalized spacial score (nSPS) is 9.95.